The highest BCUT2D eigenvalue weighted by atomic mass is 16.5. The molecule has 0 atom stereocenters. The molecule has 0 saturated carbocycles. The molecule has 0 spiro atoms. The number of nitrogens with zero attached hydrogens (tertiary/aromatic N) is 1. The molecule has 1 fully saturated rings. The van der Waals surface area contributed by atoms with E-state index in [1.165, 1.54) is 5.56 Å². The van der Waals surface area contributed by atoms with Crippen molar-refractivity contribution in [2.75, 3.05) is 32.9 Å². The number of Topliss-reactive ketones (excluding diaryl/α,β-unsaturated/α-hetero) is 1. The van der Waals surface area contributed by atoms with Gasteiger partial charge in [0.05, 0.1) is 13.2 Å². The van der Waals surface area contributed by atoms with E-state index < -0.39 is 0 Å². The summed E-state index contributed by atoms with van der Waals surface area (Å²) in [6, 6.07) is 13.5. The minimum Gasteiger partial charge on any atom is -0.485 e. The van der Waals surface area contributed by atoms with Gasteiger partial charge in [0.1, 0.15) is 5.75 Å². The second-order valence-corrected chi connectivity index (χ2v) is 6.52. The molecule has 1 aliphatic rings. The SMILES string of the molecule is Cc1cc(C)c(CN2CCOCC2)c(OCC(=O)c2ccccc2)c1. The van der Waals surface area contributed by atoms with Crippen molar-refractivity contribution in [3.8, 4) is 5.75 Å². The molecule has 0 radical (unpaired) electrons. The van der Waals surface area contributed by atoms with Crippen LogP contribution in [0.4, 0.5) is 0 Å². The van der Waals surface area contributed by atoms with Crippen molar-refractivity contribution in [3.05, 3.63) is 64.7 Å². The van der Waals surface area contributed by atoms with Crippen molar-refractivity contribution >= 4 is 5.78 Å². The van der Waals surface area contributed by atoms with Gasteiger partial charge in [-0.3, -0.25) is 9.69 Å². The van der Waals surface area contributed by atoms with Crippen LogP contribution in [0.25, 0.3) is 0 Å². The summed E-state index contributed by atoms with van der Waals surface area (Å²) in [5.74, 6) is 0.811. The highest BCUT2D eigenvalue weighted by molar-refractivity contribution is 5.97. The maximum atomic E-state index is 12.3. The van der Waals surface area contributed by atoms with Gasteiger partial charge in [-0.2, -0.15) is 0 Å². The van der Waals surface area contributed by atoms with E-state index in [9.17, 15) is 4.79 Å². The lowest BCUT2D eigenvalue weighted by Crippen LogP contribution is -2.36. The molecule has 25 heavy (non-hydrogen) atoms. The zero-order valence-electron chi connectivity index (χ0n) is 15.0. The van der Waals surface area contributed by atoms with Crippen LogP contribution in [-0.4, -0.2) is 43.6 Å². The number of hydrogen-bond donors (Lipinski definition) is 0. The van der Waals surface area contributed by atoms with Crippen molar-refractivity contribution in [2.24, 2.45) is 0 Å². The fourth-order valence-corrected chi connectivity index (χ4v) is 3.12. The molecular weight excluding hydrogens is 314 g/mol. The Hall–Kier alpha value is -2.17. The van der Waals surface area contributed by atoms with Crippen LogP contribution in [0.3, 0.4) is 0 Å². The van der Waals surface area contributed by atoms with Gasteiger partial charge in [-0.15, -0.1) is 0 Å². The van der Waals surface area contributed by atoms with Gasteiger partial charge in [0, 0.05) is 30.8 Å². The lowest BCUT2D eigenvalue weighted by atomic mass is 10.0. The Morgan fingerprint density at radius 3 is 2.56 bits per heavy atom. The minimum atomic E-state index is -0.00270. The molecule has 0 unspecified atom stereocenters. The number of ketones is 1. The molecule has 1 heterocycles. The highest BCUT2D eigenvalue weighted by Gasteiger charge is 2.17. The van der Waals surface area contributed by atoms with Crippen LogP contribution in [-0.2, 0) is 11.3 Å². The van der Waals surface area contributed by atoms with E-state index in [1.807, 2.05) is 36.4 Å². The molecule has 1 saturated heterocycles. The third kappa shape index (κ3) is 4.68. The number of morpholine rings is 1. The summed E-state index contributed by atoms with van der Waals surface area (Å²) in [5.41, 5.74) is 4.19. The van der Waals surface area contributed by atoms with Crippen LogP contribution in [0.15, 0.2) is 42.5 Å². The molecule has 0 aromatic heterocycles. The summed E-state index contributed by atoms with van der Waals surface area (Å²) in [5, 5.41) is 0. The molecule has 4 nitrogen and oxygen atoms in total. The van der Waals surface area contributed by atoms with E-state index in [1.54, 1.807) is 0 Å². The van der Waals surface area contributed by atoms with Gasteiger partial charge in [-0.25, -0.2) is 0 Å². The van der Waals surface area contributed by atoms with Crippen molar-refractivity contribution in [2.45, 2.75) is 20.4 Å². The quantitative estimate of drug-likeness (QED) is 0.756. The number of hydrogen-bond acceptors (Lipinski definition) is 4. The van der Waals surface area contributed by atoms with Crippen LogP contribution in [0, 0.1) is 13.8 Å². The van der Waals surface area contributed by atoms with E-state index in [-0.39, 0.29) is 12.4 Å². The third-order valence-electron chi connectivity index (χ3n) is 4.52. The predicted molar refractivity (Wildman–Crippen MR) is 98.3 cm³/mol. The molecule has 132 valence electrons. The number of benzene rings is 2. The van der Waals surface area contributed by atoms with E-state index in [0.29, 0.717) is 5.56 Å². The highest BCUT2D eigenvalue weighted by Crippen LogP contribution is 2.26. The van der Waals surface area contributed by atoms with E-state index in [4.69, 9.17) is 9.47 Å². The first-order valence-electron chi connectivity index (χ1n) is 8.75. The van der Waals surface area contributed by atoms with Crippen molar-refractivity contribution in [1.29, 1.82) is 0 Å². The first-order valence-corrected chi connectivity index (χ1v) is 8.75. The summed E-state index contributed by atoms with van der Waals surface area (Å²) in [6.07, 6.45) is 0. The second kappa shape index (κ2) is 8.28. The van der Waals surface area contributed by atoms with Gasteiger partial charge >= 0.3 is 0 Å². The standard InChI is InChI=1S/C21H25NO3/c1-16-12-17(2)19(14-22-8-10-24-11-9-22)21(13-16)25-15-20(23)18-6-4-3-5-7-18/h3-7,12-13H,8-11,14-15H2,1-2H3. The molecule has 0 bridgehead atoms. The first-order chi connectivity index (χ1) is 12.1. The maximum Gasteiger partial charge on any atom is 0.200 e. The number of carbonyl (C=O) groups is 1. The zero-order chi connectivity index (χ0) is 17.6. The summed E-state index contributed by atoms with van der Waals surface area (Å²) in [4.78, 5) is 14.7. The molecule has 0 aliphatic carbocycles. The van der Waals surface area contributed by atoms with Gasteiger partial charge in [-0.05, 0) is 31.0 Å². The number of rotatable bonds is 6. The van der Waals surface area contributed by atoms with Crippen LogP contribution in [0.2, 0.25) is 0 Å². The Morgan fingerprint density at radius 2 is 1.84 bits per heavy atom. The van der Waals surface area contributed by atoms with Crippen LogP contribution in [0.5, 0.6) is 5.75 Å². The summed E-state index contributed by atoms with van der Waals surface area (Å²) >= 11 is 0. The second-order valence-electron chi connectivity index (χ2n) is 6.52. The fourth-order valence-electron chi connectivity index (χ4n) is 3.12. The number of carbonyl (C=O) groups excluding carboxylic acids is 1. The Balaban J connectivity index is 1.74. The van der Waals surface area contributed by atoms with Crippen molar-refractivity contribution < 1.29 is 14.3 Å². The van der Waals surface area contributed by atoms with Crippen LogP contribution >= 0.6 is 0 Å². The van der Waals surface area contributed by atoms with Crippen LogP contribution < -0.4 is 4.74 Å². The Kier molecular flexibility index (Phi) is 5.84. The first kappa shape index (κ1) is 17.6. The van der Waals surface area contributed by atoms with Crippen molar-refractivity contribution in [1.82, 2.24) is 4.90 Å². The Morgan fingerprint density at radius 1 is 1.12 bits per heavy atom. The summed E-state index contributed by atoms with van der Waals surface area (Å²) in [7, 11) is 0. The van der Waals surface area contributed by atoms with E-state index >= 15 is 0 Å². The average Bonchev–Trinajstić information content (AvgIpc) is 2.63. The zero-order valence-corrected chi connectivity index (χ0v) is 15.0. The Bertz CT molecular complexity index is 721. The summed E-state index contributed by atoms with van der Waals surface area (Å²) in [6.45, 7) is 8.44. The molecule has 0 N–H and O–H groups in total. The molecule has 4 heteroatoms. The predicted octanol–water partition coefficient (Wildman–Crippen LogP) is 3.40. The molecular formula is C21H25NO3. The number of ether oxygens (including phenoxy) is 2. The van der Waals surface area contributed by atoms with Gasteiger partial charge in [0.15, 0.2) is 12.4 Å². The van der Waals surface area contributed by atoms with Crippen LogP contribution in [0.1, 0.15) is 27.0 Å². The largest absolute Gasteiger partial charge is 0.485 e. The topological polar surface area (TPSA) is 38.8 Å². The minimum absolute atomic E-state index is 0.00270. The fraction of sp³-hybridized carbons (Fsp3) is 0.381. The molecule has 0 amide bonds. The van der Waals surface area contributed by atoms with E-state index in [2.05, 4.69) is 24.8 Å². The normalized spacial score (nSPS) is 15.1. The summed E-state index contributed by atoms with van der Waals surface area (Å²) < 4.78 is 11.4. The van der Waals surface area contributed by atoms with Gasteiger partial charge < -0.3 is 9.47 Å². The monoisotopic (exact) mass is 339 g/mol. The average molecular weight is 339 g/mol. The molecule has 2 aromatic carbocycles. The van der Waals surface area contributed by atoms with Gasteiger partial charge in [-0.1, -0.05) is 36.4 Å². The third-order valence-corrected chi connectivity index (χ3v) is 4.52. The van der Waals surface area contributed by atoms with Crippen molar-refractivity contribution in [3.63, 3.8) is 0 Å². The van der Waals surface area contributed by atoms with E-state index in [0.717, 1.165) is 49.7 Å². The molecule has 1 aliphatic heterocycles. The lowest BCUT2D eigenvalue weighted by molar-refractivity contribution is 0.0337. The van der Waals surface area contributed by atoms with Gasteiger partial charge in [0.2, 0.25) is 0 Å². The molecule has 2 aromatic rings. The molecule has 3 rings (SSSR count). The maximum absolute atomic E-state index is 12.3. The number of aryl methyl sites for hydroxylation is 2. The smallest absolute Gasteiger partial charge is 0.200 e. The lowest BCUT2D eigenvalue weighted by Gasteiger charge is -2.28. The van der Waals surface area contributed by atoms with Gasteiger partial charge in [0.25, 0.3) is 0 Å². The Labute approximate surface area is 149 Å².